The topological polar surface area (TPSA) is 194 Å². The predicted octanol–water partition coefficient (Wildman–Crippen LogP) is 14.7. The number of nitrogens with one attached hydrogen (secondary N) is 1. The van der Waals surface area contributed by atoms with E-state index < -0.39 is 17.8 Å². The summed E-state index contributed by atoms with van der Waals surface area (Å²) in [5.74, 6) is -0.797. The molecule has 12 atom stereocenters. The number of nitriles is 1. The molecule has 0 bridgehead atoms. The summed E-state index contributed by atoms with van der Waals surface area (Å²) in [5, 5.41) is 32.0. The molecule has 7 fully saturated rings. The number of hydrogen-bond acceptors (Lipinski definition) is 11. The van der Waals surface area contributed by atoms with E-state index in [2.05, 4.69) is 111 Å². The molecule has 13 heteroatoms. The summed E-state index contributed by atoms with van der Waals surface area (Å²) in [5.41, 5.74) is 10.3. The number of hydrogen-bond donors (Lipinski definition) is 3. The van der Waals surface area contributed by atoms with Crippen LogP contribution < -0.4 is 5.32 Å². The quantitative estimate of drug-likeness (QED) is 0.222. The summed E-state index contributed by atoms with van der Waals surface area (Å²) in [6.07, 6.45) is 29.7. The van der Waals surface area contributed by atoms with Crippen LogP contribution in [-0.4, -0.2) is 82.6 Å². The molecule has 84 heavy (non-hydrogen) atoms. The van der Waals surface area contributed by atoms with Gasteiger partial charge in [-0.25, -0.2) is 4.79 Å². The standard InChI is InChI=1S/C32H45NO3.C30H43NO2.C6H7NO4.C2H3N.CH4/c1-20-22-9-10-25-30(5,23(22)17-24(35)27(20)36)14-16-32(7)26-18-28(3,19-33(8)21(2)34)11-12-29(26,4)13-15-31(25,32)6;1-19-20-8-9-23-28(4,21(20)16-22(32)25(19)33)13-15-30(6)24-17-26(2,18-31-7)10-11-27(24,3)12-14-29(23,30)5;1-4(8)11-7-5(9)2-3-6(7)10;1-2-3;/h9-10,17,26,36H,11-16,18-19H2,1-8H3;8-9,16,24,31,33H,10-15,17-18H2,1-7H3;2-3H2,1H3;1H3;1H4/t26-,28-,29-,30+,31-,32+;24-,26-,27-,28+,29-,30+;;;/m11.../s1. The zero-order valence-electron chi connectivity index (χ0n) is 53.4. The molecule has 0 aromatic carbocycles. The smallest absolute Gasteiger partial charge is 0.330 e. The molecule has 460 valence electrons. The van der Waals surface area contributed by atoms with Crippen LogP contribution in [0.5, 0.6) is 0 Å². The first-order chi connectivity index (χ1) is 38.5. The molecule has 6 saturated carbocycles. The van der Waals surface area contributed by atoms with Gasteiger partial charge in [0.1, 0.15) is 0 Å². The summed E-state index contributed by atoms with van der Waals surface area (Å²) >= 11 is 0. The number of carbonyl (C=O) groups excluding carboxylic acids is 6. The molecule has 0 aromatic rings. The van der Waals surface area contributed by atoms with E-state index in [-0.39, 0.29) is 87.2 Å². The molecule has 13 nitrogen and oxygen atoms in total. The first kappa shape index (κ1) is 65.9. The van der Waals surface area contributed by atoms with Gasteiger partial charge in [0.25, 0.3) is 11.8 Å². The second-order valence-corrected chi connectivity index (χ2v) is 30.0. The Morgan fingerprint density at radius 3 is 1.40 bits per heavy atom. The van der Waals surface area contributed by atoms with E-state index in [4.69, 9.17) is 5.26 Å². The SMILES string of the molecule is C.CC#N.CC(=O)N(C)C[C@]1(C)CC[C@]2(C)CC[C@]3(C)C4=CC=C5C(=CC(=O)C(O)=C5C)[C@]4(C)CC[C@@]3(C)[C@@H]2C1.CC(=O)ON1C(=O)CCC1=O.CNC[C@]1(C)CC[C@]2(C)CC[C@]3(C)C4=CC=C5C(=CC(=O)C(O)=C5C)[C@]4(C)CC[C@@]3(C)[C@@H]2C1. The van der Waals surface area contributed by atoms with E-state index in [1.807, 2.05) is 25.8 Å². The van der Waals surface area contributed by atoms with E-state index in [9.17, 15) is 39.0 Å². The third-order valence-corrected chi connectivity index (χ3v) is 24.9. The van der Waals surface area contributed by atoms with Crippen LogP contribution in [0.1, 0.15) is 214 Å². The minimum atomic E-state index is -0.659. The number of ketones is 2. The summed E-state index contributed by atoms with van der Waals surface area (Å²) in [6.45, 7) is 34.9. The number of carbonyl (C=O) groups is 6. The molecule has 0 radical (unpaired) electrons. The van der Waals surface area contributed by atoms with Gasteiger partial charge in [-0.3, -0.25) is 24.0 Å². The van der Waals surface area contributed by atoms with Crippen LogP contribution in [0.3, 0.4) is 0 Å². The van der Waals surface area contributed by atoms with Gasteiger partial charge in [-0.05, 0) is 200 Å². The van der Waals surface area contributed by atoms with Crippen LogP contribution in [0.15, 0.2) is 92.6 Å². The number of fused-ring (bicyclic) bond motifs is 14. The van der Waals surface area contributed by atoms with E-state index in [1.54, 1.807) is 25.1 Å². The second-order valence-electron chi connectivity index (χ2n) is 30.0. The summed E-state index contributed by atoms with van der Waals surface area (Å²) in [6, 6.07) is 1.75. The van der Waals surface area contributed by atoms with Crippen molar-refractivity contribution in [3.63, 3.8) is 0 Å². The Kier molecular flexibility index (Phi) is 17.7. The van der Waals surface area contributed by atoms with Crippen LogP contribution in [0, 0.1) is 77.3 Å². The lowest BCUT2D eigenvalue weighted by atomic mass is 9.34. The van der Waals surface area contributed by atoms with Crippen LogP contribution >= 0.6 is 0 Å². The van der Waals surface area contributed by atoms with E-state index in [1.165, 1.54) is 82.3 Å². The Morgan fingerprint density at radius 1 is 0.643 bits per heavy atom. The van der Waals surface area contributed by atoms with Crippen molar-refractivity contribution in [1.29, 1.82) is 5.26 Å². The normalized spacial score (nSPS) is 39.6. The largest absolute Gasteiger partial charge is 0.504 e. The van der Waals surface area contributed by atoms with Gasteiger partial charge in [-0.2, -0.15) is 5.26 Å². The van der Waals surface area contributed by atoms with Gasteiger partial charge in [0.15, 0.2) is 11.5 Å². The van der Waals surface area contributed by atoms with Gasteiger partial charge in [-0.1, -0.05) is 112 Å². The molecule has 0 aromatic heterocycles. The van der Waals surface area contributed by atoms with Gasteiger partial charge in [0.2, 0.25) is 17.5 Å². The Balaban J connectivity index is 0.000000195. The molecule has 0 unspecified atom stereocenters. The molecule has 1 saturated heterocycles. The average Bonchev–Trinajstić information content (AvgIpc) is 0.755. The fourth-order valence-corrected chi connectivity index (χ4v) is 19.3. The van der Waals surface area contributed by atoms with Crippen LogP contribution in [0.2, 0.25) is 0 Å². The number of aliphatic hydroxyl groups excluding tert-OH is 2. The first-order valence-electron chi connectivity index (χ1n) is 30.9. The lowest BCUT2D eigenvalue weighted by Crippen LogP contribution is -2.62. The highest BCUT2D eigenvalue weighted by atomic mass is 16.7. The maximum atomic E-state index is 12.7. The van der Waals surface area contributed by atoms with Crippen molar-refractivity contribution in [2.75, 3.05) is 27.2 Å². The number of hydroxylamine groups is 2. The predicted molar refractivity (Wildman–Crippen MR) is 330 cm³/mol. The fourth-order valence-electron chi connectivity index (χ4n) is 19.3. The number of amides is 3. The minimum absolute atomic E-state index is 0. The Labute approximate surface area is 503 Å². The van der Waals surface area contributed by atoms with Crippen molar-refractivity contribution >= 4 is 35.3 Å². The maximum Gasteiger partial charge on any atom is 0.330 e. The fraction of sp³-hybridized carbons (Fsp3) is 0.676. The number of aliphatic hydroxyl groups is 2. The number of imide groups is 1. The lowest BCUT2D eigenvalue weighted by Gasteiger charge is -2.70. The molecule has 0 spiro atoms. The Hall–Kier alpha value is -5.61. The van der Waals surface area contributed by atoms with E-state index >= 15 is 0 Å². The van der Waals surface area contributed by atoms with Crippen molar-refractivity contribution < 1.29 is 43.8 Å². The molecule has 1 aliphatic heterocycles. The third kappa shape index (κ3) is 10.4. The number of rotatable bonds is 5. The summed E-state index contributed by atoms with van der Waals surface area (Å²) < 4.78 is 0. The van der Waals surface area contributed by atoms with Crippen molar-refractivity contribution in [2.45, 2.75) is 214 Å². The molecule has 3 amide bonds. The van der Waals surface area contributed by atoms with E-state index in [0.29, 0.717) is 38.7 Å². The summed E-state index contributed by atoms with van der Waals surface area (Å²) in [7, 11) is 4.05. The highest BCUT2D eigenvalue weighted by Gasteiger charge is 2.69. The molecule has 10 aliphatic carbocycles. The van der Waals surface area contributed by atoms with Crippen LogP contribution in [-0.2, 0) is 33.6 Å². The molecular formula is C71H102N4O9. The van der Waals surface area contributed by atoms with Gasteiger partial charge >= 0.3 is 5.97 Å². The van der Waals surface area contributed by atoms with Crippen molar-refractivity contribution in [2.24, 2.45) is 66.0 Å². The molecule has 1 heterocycles. The highest BCUT2D eigenvalue weighted by molar-refractivity contribution is 6.07. The number of allylic oxidation sites excluding steroid dienone is 14. The Morgan fingerprint density at radius 2 is 1.02 bits per heavy atom. The molecular weight excluding hydrogens is 1050 g/mol. The van der Waals surface area contributed by atoms with Gasteiger partial charge in [-0.15, -0.1) is 5.06 Å². The van der Waals surface area contributed by atoms with Crippen molar-refractivity contribution in [3.8, 4) is 6.07 Å². The van der Waals surface area contributed by atoms with Crippen LogP contribution in [0.4, 0.5) is 0 Å². The average molecular weight is 1160 g/mol. The first-order valence-corrected chi connectivity index (χ1v) is 30.9. The minimum Gasteiger partial charge on any atom is -0.504 e. The zero-order chi connectivity index (χ0) is 61.6. The van der Waals surface area contributed by atoms with E-state index in [0.717, 1.165) is 73.6 Å². The second kappa shape index (κ2) is 22.6. The Bertz CT molecular complexity index is 3090. The van der Waals surface area contributed by atoms with Gasteiger partial charge in [0, 0.05) is 75.7 Å². The third-order valence-electron chi connectivity index (χ3n) is 24.9. The molecule has 11 rings (SSSR count). The number of nitrogens with zero attached hydrogens (tertiary/aromatic N) is 3. The zero-order valence-corrected chi connectivity index (χ0v) is 53.4. The highest BCUT2D eigenvalue weighted by Crippen LogP contribution is 2.77. The van der Waals surface area contributed by atoms with Gasteiger partial charge < -0.3 is 25.3 Å². The van der Waals surface area contributed by atoms with Gasteiger partial charge in [0.05, 0.1) is 6.07 Å². The monoisotopic (exact) mass is 1150 g/mol. The molecule has 11 aliphatic rings. The maximum absolute atomic E-state index is 12.7. The molecule has 3 N–H and O–H groups in total. The van der Waals surface area contributed by atoms with Crippen molar-refractivity contribution in [3.05, 3.63) is 92.6 Å². The van der Waals surface area contributed by atoms with Crippen molar-refractivity contribution in [1.82, 2.24) is 15.3 Å². The van der Waals surface area contributed by atoms with Crippen LogP contribution in [0.25, 0.3) is 0 Å². The summed E-state index contributed by atoms with van der Waals surface area (Å²) in [4.78, 5) is 75.5. The lowest BCUT2D eigenvalue weighted by molar-refractivity contribution is -0.195.